The lowest BCUT2D eigenvalue weighted by Crippen LogP contribution is -2.28. The van der Waals surface area contributed by atoms with E-state index in [-0.39, 0.29) is 6.03 Å². The first-order valence-electron chi connectivity index (χ1n) is 5.70. The van der Waals surface area contributed by atoms with Crippen LogP contribution in [0, 0.1) is 6.92 Å². The van der Waals surface area contributed by atoms with E-state index in [1.807, 2.05) is 19.1 Å². The van der Waals surface area contributed by atoms with Crippen molar-refractivity contribution in [2.24, 2.45) is 0 Å². The average molecular weight is 258 g/mol. The van der Waals surface area contributed by atoms with Gasteiger partial charge in [0.2, 0.25) is 0 Å². The monoisotopic (exact) mass is 258 g/mol. The number of carbonyl (C=O) groups excluding carboxylic acids is 1. The van der Waals surface area contributed by atoms with Gasteiger partial charge in [0, 0.05) is 12.2 Å². The van der Waals surface area contributed by atoms with Gasteiger partial charge in [-0.15, -0.1) is 11.7 Å². The molecule has 2 N–H and O–H groups in total. The third-order valence-electron chi connectivity index (χ3n) is 2.49. The molecule has 2 rings (SSSR count). The van der Waals surface area contributed by atoms with E-state index in [2.05, 4.69) is 32.7 Å². The van der Waals surface area contributed by atoms with Crippen LogP contribution in [-0.4, -0.2) is 32.8 Å². The van der Waals surface area contributed by atoms with Gasteiger partial charge < -0.3 is 10.6 Å². The highest BCUT2D eigenvalue weighted by Gasteiger charge is 2.06. The number of hydrogen-bond acceptors (Lipinski definition) is 4. The summed E-state index contributed by atoms with van der Waals surface area (Å²) in [4.78, 5) is 11.6. The number of urea groups is 1. The summed E-state index contributed by atoms with van der Waals surface area (Å²) < 4.78 is 1.52. The summed E-state index contributed by atoms with van der Waals surface area (Å²) in [7, 11) is 0. The van der Waals surface area contributed by atoms with E-state index in [0.29, 0.717) is 12.2 Å². The van der Waals surface area contributed by atoms with Gasteiger partial charge >= 0.3 is 6.03 Å². The number of anilines is 1. The summed E-state index contributed by atoms with van der Waals surface area (Å²) in [5.41, 5.74) is 2.43. The Balaban J connectivity index is 2.18. The quantitative estimate of drug-likeness (QED) is 0.809. The van der Waals surface area contributed by atoms with Gasteiger partial charge in [-0.2, -0.15) is 0 Å². The van der Waals surface area contributed by atoms with Crippen LogP contribution in [0.25, 0.3) is 5.69 Å². The lowest BCUT2D eigenvalue weighted by Gasteiger charge is -2.10. The normalized spacial score (nSPS) is 9.95. The van der Waals surface area contributed by atoms with Gasteiger partial charge in [0.15, 0.2) is 0 Å². The van der Waals surface area contributed by atoms with Crippen molar-refractivity contribution in [2.75, 3.05) is 11.9 Å². The fourth-order valence-electron chi connectivity index (χ4n) is 1.50. The van der Waals surface area contributed by atoms with Gasteiger partial charge in [0.05, 0.1) is 5.69 Å². The number of carbonyl (C=O) groups is 1. The van der Waals surface area contributed by atoms with Crippen molar-refractivity contribution in [2.45, 2.75) is 6.92 Å². The highest BCUT2D eigenvalue weighted by Crippen LogP contribution is 2.18. The fraction of sp³-hybridized carbons (Fsp3) is 0.167. The molecule has 2 aromatic rings. The number of aryl methyl sites for hydroxylation is 1. The molecule has 0 aliphatic carbocycles. The number of benzene rings is 1. The van der Waals surface area contributed by atoms with Crippen molar-refractivity contribution in [3.05, 3.63) is 42.7 Å². The molecule has 0 aliphatic heterocycles. The van der Waals surface area contributed by atoms with Gasteiger partial charge in [-0.25, -0.2) is 9.48 Å². The maximum atomic E-state index is 11.6. The zero-order chi connectivity index (χ0) is 13.7. The molecule has 7 heteroatoms. The second kappa shape index (κ2) is 5.76. The van der Waals surface area contributed by atoms with E-state index >= 15 is 0 Å². The molecular weight excluding hydrogens is 244 g/mol. The van der Waals surface area contributed by atoms with Gasteiger partial charge in [-0.05, 0) is 35.0 Å². The first-order valence-corrected chi connectivity index (χ1v) is 5.70. The minimum Gasteiger partial charge on any atom is -0.334 e. The summed E-state index contributed by atoms with van der Waals surface area (Å²) in [6.07, 6.45) is 3.11. The summed E-state index contributed by atoms with van der Waals surface area (Å²) in [5.74, 6) is 0. The van der Waals surface area contributed by atoms with E-state index in [9.17, 15) is 4.79 Å². The molecule has 0 aliphatic rings. The molecule has 0 saturated heterocycles. The van der Waals surface area contributed by atoms with Crippen LogP contribution < -0.4 is 10.6 Å². The fourth-order valence-corrected chi connectivity index (χ4v) is 1.50. The molecule has 0 fully saturated rings. The molecule has 98 valence electrons. The van der Waals surface area contributed by atoms with Gasteiger partial charge in [0.1, 0.15) is 6.33 Å². The lowest BCUT2D eigenvalue weighted by molar-refractivity contribution is 0.253. The number of amides is 2. The van der Waals surface area contributed by atoms with Gasteiger partial charge in [-0.1, -0.05) is 12.1 Å². The molecule has 7 nitrogen and oxygen atoms in total. The summed E-state index contributed by atoms with van der Waals surface area (Å²) in [6.45, 7) is 5.86. The lowest BCUT2D eigenvalue weighted by atomic mass is 10.2. The molecule has 1 heterocycles. The Labute approximate surface area is 110 Å². The Kier molecular flexibility index (Phi) is 3.87. The third-order valence-corrected chi connectivity index (χ3v) is 2.49. The topological polar surface area (TPSA) is 84.7 Å². The van der Waals surface area contributed by atoms with Crippen LogP contribution >= 0.6 is 0 Å². The zero-order valence-corrected chi connectivity index (χ0v) is 10.5. The van der Waals surface area contributed by atoms with E-state index in [1.165, 1.54) is 11.0 Å². The Bertz CT molecular complexity index is 578. The molecule has 1 aromatic heterocycles. The highest BCUT2D eigenvalue weighted by molar-refractivity contribution is 5.90. The van der Waals surface area contributed by atoms with Crippen molar-refractivity contribution in [1.82, 2.24) is 25.5 Å². The SMILES string of the molecule is C=CCNC(=O)Nc1cc(-n2cnnn2)ccc1C. The molecule has 0 saturated carbocycles. The van der Waals surface area contributed by atoms with E-state index in [1.54, 1.807) is 12.1 Å². The van der Waals surface area contributed by atoms with Crippen molar-refractivity contribution < 1.29 is 4.79 Å². The number of nitrogens with zero attached hydrogens (tertiary/aromatic N) is 4. The predicted octanol–water partition coefficient (Wildman–Crippen LogP) is 1.28. The minimum absolute atomic E-state index is 0.281. The zero-order valence-electron chi connectivity index (χ0n) is 10.5. The van der Waals surface area contributed by atoms with Crippen LogP contribution in [0.4, 0.5) is 10.5 Å². The molecule has 0 unspecified atom stereocenters. The third kappa shape index (κ3) is 3.15. The Hall–Kier alpha value is -2.70. The second-order valence-corrected chi connectivity index (χ2v) is 3.88. The van der Waals surface area contributed by atoms with E-state index in [0.717, 1.165) is 11.3 Å². The minimum atomic E-state index is -0.281. The van der Waals surface area contributed by atoms with Gasteiger partial charge in [0.25, 0.3) is 0 Å². The first-order chi connectivity index (χ1) is 9.20. The molecule has 0 atom stereocenters. The Morgan fingerprint density at radius 3 is 3.05 bits per heavy atom. The Morgan fingerprint density at radius 2 is 2.37 bits per heavy atom. The molecule has 2 amide bonds. The summed E-state index contributed by atoms with van der Waals surface area (Å²) in [5, 5.41) is 16.4. The molecule has 0 radical (unpaired) electrons. The standard InChI is InChI=1S/C12H14N6O/c1-3-6-13-12(19)15-11-7-10(5-4-9(11)2)18-8-14-16-17-18/h3-5,7-8H,1,6H2,2H3,(H2,13,15,19). The summed E-state index contributed by atoms with van der Waals surface area (Å²) in [6, 6.07) is 5.29. The predicted molar refractivity (Wildman–Crippen MR) is 71.1 cm³/mol. The molecule has 1 aromatic carbocycles. The Morgan fingerprint density at radius 1 is 1.53 bits per heavy atom. The van der Waals surface area contributed by atoms with Crippen molar-refractivity contribution in [1.29, 1.82) is 0 Å². The van der Waals surface area contributed by atoms with Crippen LogP contribution in [0.5, 0.6) is 0 Å². The van der Waals surface area contributed by atoms with Crippen molar-refractivity contribution >= 4 is 11.7 Å². The molecule has 19 heavy (non-hydrogen) atoms. The van der Waals surface area contributed by atoms with Crippen molar-refractivity contribution in [3.63, 3.8) is 0 Å². The van der Waals surface area contributed by atoms with Crippen LogP contribution in [0.1, 0.15) is 5.56 Å². The number of nitrogens with one attached hydrogen (secondary N) is 2. The molecule has 0 bridgehead atoms. The van der Waals surface area contributed by atoms with Crippen molar-refractivity contribution in [3.8, 4) is 5.69 Å². The number of aromatic nitrogens is 4. The van der Waals surface area contributed by atoms with E-state index < -0.39 is 0 Å². The maximum Gasteiger partial charge on any atom is 0.319 e. The number of hydrogen-bond donors (Lipinski definition) is 2. The number of tetrazole rings is 1. The van der Waals surface area contributed by atoms with Crippen LogP contribution in [0.3, 0.4) is 0 Å². The van der Waals surface area contributed by atoms with E-state index in [4.69, 9.17) is 0 Å². The largest absolute Gasteiger partial charge is 0.334 e. The van der Waals surface area contributed by atoms with Crippen LogP contribution in [0.15, 0.2) is 37.2 Å². The smallest absolute Gasteiger partial charge is 0.319 e. The average Bonchev–Trinajstić information content (AvgIpc) is 2.93. The summed E-state index contributed by atoms with van der Waals surface area (Å²) >= 11 is 0. The molecule has 0 spiro atoms. The highest BCUT2D eigenvalue weighted by atomic mass is 16.2. The number of rotatable bonds is 4. The van der Waals surface area contributed by atoms with Crippen LogP contribution in [-0.2, 0) is 0 Å². The second-order valence-electron chi connectivity index (χ2n) is 3.88. The van der Waals surface area contributed by atoms with Crippen LogP contribution in [0.2, 0.25) is 0 Å². The van der Waals surface area contributed by atoms with Gasteiger partial charge in [-0.3, -0.25) is 0 Å². The maximum absolute atomic E-state index is 11.6. The molecular formula is C12H14N6O. The first kappa shape index (κ1) is 12.7.